The van der Waals surface area contributed by atoms with Gasteiger partial charge in [-0.1, -0.05) is 39.7 Å². The molecule has 0 bridgehead atoms. The van der Waals surface area contributed by atoms with E-state index in [-0.39, 0.29) is 11.0 Å². The second-order valence-electron chi connectivity index (χ2n) is 6.50. The van der Waals surface area contributed by atoms with Crippen molar-refractivity contribution in [3.8, 4) is 0 Å². The second-order valence-corrected chi connectivity index (χ2v) is 6.50. The van der Waals surface area contributed by atoms with E-state index in [1.807, 2.05) is 6.20 Å². The van der Waals surface area contributed by atoms with Gasteiger partial charge < -0.3 is 11.1 Å². The highest BCUT2D eigenvalue weighted by molar-refractivity contribution is 5.40. The molecule has 0 spiro atoms. The number of anilines is 1. The van der Waals surface area contributed by atoms with Gasteiger partial charge in [0.1, 0.15) is 5.82 Å². The van der Waals surface area contributed by atoms with Gasteiger partial charge in [0.2, 0.25) is 0 Å². The van der Waals surface area contributed by atoms with Crippen molar-refractivity contribution in [3.05, 3.63) is 23.9 Å². The zero-order chi connectivity index (χ0) is 13.2. The lowest BCUT2D eigenvalue weighted by Crippen LogP contribution is -2.43. The minimum atomic E-state index is 0.0796. The second kappa shape index (κ2) is 4.88. The molecule has 1 aromatic heterocycles. The molecule has 3 N–H and O–H groups in total. The van der Waals surface area contributed by atoms with E-state index < -0.39 is 0 Å². The predicted molar refractivity (Wildman–Crippen MR) is 76.8 cm³/mol. The largest absolute Gasteiger partial charge is 0.363 e. The highest BCUT2D eigenvalue weighted by atomic mass is 15.1. The fourth-order valence-corrected chi connectivity index (χ4v) is 2.62. The van der Waals surface area contributed by atoms with Gasteiger partial charge in [0, 0.05) is 12.7 Å². The van der Waals surface area contributed by atoms with Crippen LogP contribution in [0.5, 0.6) is 0 Å². The molecule has 0 unspecified atom stereocenters. The van der Waals surface area contributed by atoms with E-state index in [1.54, 1.807) is 0 Å². The maximum atomic E-state index is 5.93. The normalized spacial score (nSPS) is 18.9. The topological polar surface area (TPSA) is 50.9 Å². The third-order valence-corrected chi connectivity index (χ3v) is 3.97. The summed E-state index contributed by atoms with van der Waals surface area (Å²) in [5.74, 6) is 0.954. The fourth-order valence-electron chi connectivity index (χ4n) is 2.62. The molecule has 0 aliphatic heterocycles. The van der Waals surface area contributed by atoms with E-state index >= 15 is 0 Å². The van der Waals surface area contributed by atoms with Crippen LogP contribution in [0.25, 0.3) is 0 Å². The van der Waals surface area contributed by atoms with Crippen molar-refractivity contribution in [2.24, 2.45) is 5.73 Å². The Bertz CT molecular complexity index is 383. The first-order valence-corrected chi connectivity index (χ1v) is 6.90. The van der Waals surface area contributed by atoms with Crippen LogP contribution in [0.2, 0.25) is 0 Å². The number of pyridine rings is 1. The lowest BCUT2D eigenvalue weighted by Gasteiger charge is -2.29. The van der Waals surface area contributed by atoms with Gasteiger partial charge in [-0.15, -0.1) is 0 Å². The summed E-state index contributed by atoms with van der Waals surface area (Å²) in [4.78, 5) is 4.53. The summed E-state index contributed by atoms with van der Waals surface area (Å²) in [5.41, 5.74) is 7.43. The molecule has 0 amide bonds. The number of nitrogens with one attached hydrogen (secondary N) is 1. The SMILES string of the molecule is CC(C)(C)c1ccc(NC2(CN)CCCC2)nc1. The van der Waals surface area contributed by atoms with E-state index in [2.05, 4.69) is 43.2 Å². The first-order chi connectivity index (χ1) is 8.45. The van der Waals surface area contributed by atoms with Crippen LogP contribution in [0.1, 0.15) is 52.0 Å². The molecule has 1 aromatic rings. The Morgan fingerprint density at radius 3 is 2.39 bits per heavy atom. The van der Waals surface area contributed by atoms with Gasteiger partial charge in [0.05, 0.1) is 5.54 Å². The van der Waals surface area contributed by atoms with E-state index in [0.717, 1.165) is 18.7 Å². The van der Waals surface area contributed by atoms with Crippen LogP contribution in [0.15, 0.2) is 18.3 Å². The minimum Gasteiger partial charge on any atom is -0.363 e. The van der Waals surface area contributed by atoms with Crippen molar-refractivity contribution in [2.75, 3.05) is 11.9 Å². The van der Waals surface area contributed by atoms with E-state index in [9.17, 15) is 0 Å². The first-order valence-electron chi connectivity index (χ1n) is 6.90. The first kappa shape index (κ1) is 13.3. The Kier molecular flexibility index (Phi) is 3.62. The average molecular weight is 247 g/mol. The summed E-state index contributed by atoms with van der Waals surface area (Å²) >= 11 is 0. The third kappa shape index (κ3) is 2.83. The number of rotatable bonds is 3. The minimum absolute atomic E-state index is 0.0796. The molecular formula is C15H25N3. The number of hydrogen-bond acceptors (Lipinski definition) is 3. The van der Waals surface area contributed by atoms with Crippen LogP contribution in [-0.2, 0) is 5.41 Å². The molecule has 1 fully saturated rings. The summed E-state index contributed by atoms with van der Waals surface area (Å²) in [6.07, 6.45) is 6.83. The van der Waals surface area contributed by atoms with Crippen LogP contribution in [0, 0.1) is 0 Å². The van der Waals surface area contributed by atoms with Gasteiger partial charge in [-0.25, -0.2) is 4.98 Å². The molecule has 18 heavy (non-hydrogen) atoms. The Hall–Kier alpha value is -1.09. The molecule has 1 aliphatic rings. The molecule has 0 saturated heterocycles. The molecule has 3 nitrogen and oxygen atoms in total. The summed E-state index contributed by atoms with van der Waals surface area (Å²) in [5, 5.41) is 3.55. The van der Waals surface area contributed by atoms with Crippen LogP contribution in [-0.4, -0.2) is 17.1 Å². The van der Waals surface area contributed by atoms with E-state index in [4.69, 9.17) is 5.73 Å². The molecule has 3 heteroatoms. The Labute approximate surface area is 110 Å². The standard InChI is InChI=1S/C15H25N3/c1-14(2,3)12-6-7-13(17-10-12)18-15(11-16)8-4-5-9-15/h6-7,10H,4-5,8-9,11,16H2,1-3H3,(H,17,18). The summed E-state index contributed by atoms with van der Waals surface area (Å²) in [6, 6.07) is 4.24. The van der Waals surface area contributed by atoms with Crippen molar-refractivity contribution >= 4 is 5.82 Å². The maximum Gasteiger partial charge on any atom is 0.126 e. The third-order valence-electron chi connectivity index (χ3n) is 3.97. The number of aromatic nitrogens is 1. The molecule has 1 heterocycles. The van der Waals surface area contributed by atoms with Gasteiger partial charge in [-0.3, -0.25) is 0 Å². The zero-order valence-electron chi connectivity index (χ0n) is 11.8. The highest BCUT2D eigenvalue weighted by Gasteiger charge is 2.32. The van der Waals surface area contributed by atoms with Crippen LogP contribution >= 0.6 is 0 Å². The summed E-state index contributed by atoms with van der Waals surface area (Å²) in [7, 11) is 0. The molecule has 1 aliphatic carbocycles. The van der Waals surface area contributed by atoms with Gasteiger partial charge in [0.25, 0.3) is 0 Å². The van der Waals surface area contributed by atoms with E-state index in [0.29, 0.717) is 6.54 Å². The highest BCUT2D eigenvalue weighted by Crippen LogP contribution is 2.32. The van der Waals surface area contributed by atoms with Crippen LogP contribution < -0.4 is 11.1 Å². The molecule has 2 rings (SSSR count). The number of nitrogens with zero attached hydrogens (tertiary/aromatic N) is 1. The van der Waals surface area contributed by atoms with Crippen molar-refractivity contribution < 1.29 is 0 Å². The molecule has 0 radical (unpaired) electrons. The number of nitrogens with two attached hydrogens (primary N) is 1. The maximum absolute atomic E-state index is 5.93. The molecular weight excluding hydrogens is 222 g/mol. The van der Waals surface area contributed by atoms with Gasteiger partial charge in [-0.2, -0.15) is 0 Å². The Morgan fingerprint density at radius 1 is 1.28 bits per heavy atom. The summed E-state index contributed by atoms with van der Waals surface area (Å²) in [6.45, 7) is 7.30. The molecule has 0 atom stereocenters. The summed E-state index contributed by atoms with van der Waals surface area (Å²) < 4.78 is 0. The fraction of sp³-hybridized carbons (Fsp3) is 0.667. The van der Waals surface area contributed by atoms with Crippen molar-refractivity contribution in [2.45, 2.75) is 57.4 Å². The van der Waals surface area contributed by atoms with Crippen molar-refractivity contribution in [1.29, 1.82) is 0 Å². The average Bonchev–Trinajstić information content (AvgIpc) is 2.78. The monoisotopic (exact) mass is 247 g/mol. The van der Waals surface area contributed by atoms with Crippen molar-refractivity contribution in [3.63, 3.8) is 0 Å². The lowest BCUT2D eigenvalue weighted by atomic mass is 9.88. The Morgan fingerprint density at radius 2 is 1.94 bits per heavy atom. The van der Waals surface area contributed by atoms with Crippen LogP contribution in [0.3, 0.4) is 0 Å². The number of hydrogen-bond donors (Lipinski definition) is 2. The van der Waals surface area contributed by atoms with Gasteiger partial charge in [-0.05, 0) is 29.9 Å². The Balaban J connectivity index is 2.11. The quantitative estimate of drug-likeness (QED) is 0.863. The zero-order valence-corrected chi connectivity index (χ0v) is 11.8. The lowest BCUT2D eigenvalue weighted by molar-refractivity contribution is 0.491. The predicted octanol–water partition coefficient (Wildman–Crippen LogP) is 3.06. The molecule has 1 saturated carbocycles. The van der Waals surface area contributed by atoms with Gasteiger partial charge in [0.15, 0.2) is 0 Å². The van der Waals surface area contributed by atoms with E-state index in [1.165, 1.54) is 18.4 Å². The smallest absolute Gasteiger partial charge is 0.126 e. The van der Waals surface area contributed by atoms with Crippen molar-refractivity contribution in [1.82, 2.24) is 4.98 Å². The van der Waals surface area contributed by atoms with Gasteiger partial charge >= 0.3 is 0 Å². The molecule has 100 valence electrons. The molecule has 0 aromatic carbocycles. The van der Waals surface area contributed by atoms with Crippen LogP contribution in [0.4, 0.5) is 5.82 Å².